The summed E-state index contributed by atoms with van der Waals surface area (Å²) in [6.45, 7) is 4.07. The minimum Gasteiger partial charge on any atom is -0.352 e. The number of rotatable bonds is 8. The van der Waals surface area contributed by atoms with Crippen LogP contribution in [0.25, 0.3) is 0 Å². The zero-order valence-electron chi connectivity index (χ0n) is 18.8. The Balaban J connectivity index is 1.56. The predicted octanol–water partition coefficient (Wildman–Crippen LogP) is 3.13. The second-order valence-corrected chi connectivity index (χ2v) is 10.1. The van der Waals surface area contributed by atoms with Gasteiger partial charge in [0.05, 0.1) is 10.5 Å². The highest BCUT2D eigenvalue weighted by atomic mass is 32.2. The lowest BCUT2D eigenvalue weighted by Gasteiger charge is -2.32. The van der Waals surface area contributed by atoms with E-state index >= 15 is 0 Å². The van der Waals surface area contributed by atoms with E-state index < -0.39 is 27.7 Å². The van der Waals surface area contributed by atoms with Crippen molar-refractivity contribution < 1.29 is 31.2 Å². The smallest absolute Gasteiger partial charge is 0.352 e. The zero-order chi connectivity index (χ0) is 25.6. The van der Waals surface area contributed by atoms with E-state index in [1.807, 2.05) is 0 Å². The molecule has 2 amide bonds. The molecule has 35 heavy (non-hydrogen) atoms. The summed E-state index contributed by atoms with van der Waals surface area (Å²) in [6.07, 6.45) is -1.66. The molecule has 7 nitrogen and oxygen atoms in total. The van der Waals surface area contributed by atoms with Crippen molar-refractivity contribution in [3.63, 3.8) is 0 Å². The third kappa shape index (κ3) is 6.92. The van der Waals surface area contributed by atoms with Gasteiger partial charge in [0.15, 0.2) is 0 Å². The van der Waals surface area contributed by atoms with E-state index in [0.717, 1.165) is 18.2 Å². The number of amides is 2. The van der Waals surface area contributed by atoms with E-state index in [-0.39, 0.29) is 35.5 Å². The molecule has 11 heteroatoms. The lowest BCUT2D eigenvalue weighted by Crippen LogP contribution is -2.49. The van der Waals surface area contributed by atoms with Gasteiger partial charge in [-0.1, -0.05) is 18.7 Å². The van der Waals surface area contributed by atoms with Gasteiger partial charge in [0.1, 0.15) is 0 Å². The molecule has 2 aromatic rings. The molecular formula is C24H26F3N3O4S. The minimum atomic E-state index is -4.40. The van der Waals surface area contributed by atoms with Crippen molar-refractivity contribution in [1.29, 1.82) is 0 Å². The summed E-state index contributed by atoms with van der Waals surface area (Å²) in [5.74, 6) is -0.783. The molecule has 1 aliphatic rings. The zero-order valence-corrected chi connectivity index (χ0v) is 19.7. The topological polar surface area (TPSA) is 95.6 Å². The number of nitrogens with one attached hydrogen (secondary N) is 2. The van der Waals surface area contributed by atoms with Crippen LogP contribution in [-0.4, -0.2) is 50.2 Å². The van der Waals surface area contributed by atoms with Crippen LogP contribution in [0.4, 0.5) is 13.2 Å². The van der Waals surface area contributed by atoms with Crippen LogP contribution in [0.5, 0.6) is 0 Å². The molecule has 0 unspecified atom stereocenters. The molecule has 0 radical (unpaired) electrons. The number of carbonyl (C=O) groups excluding carboxylic acids is 2. The molecule has 0 spiro atoms. The Hall–Kier alpha value is -3.18. The van der Waals surface area contributed by atoms with Crippen LogP contribution in [0.3, 0.4) is 0 Å². The summed E-state index contributed by atoms with van der Waals surface area (Å²) in [5, 5.41) is 5.39. The first-order valence-corrected chi connectivity index (χ1v) is 12.4. The standard InChI is InChI=1S/C24H26F3N3O4S/c1-2-22(31)29-20-4-3-15-30(16-20)35(33,34)21-11-7-18(8-12-21)23(32)28-14-13-17-5-9-19(10-6-17)24(25,26)27/h2,5-12,20H,1,3-4,13-16H2,(H,28,32)(H,29,31)/t20-/m0/s1. The summed E-state index contributed by atoms with van der Waals surface area (Å²) in [7, 11) is -3.80. The Kier molecular flexibility index (Phi) is 8.34. The Labute approximate surface area is 202 Å². The fraction of sp³-hybridized carbons (Fsp3) is 0.333. The highest BCUT2D eigenvalue weighted by molar-refractivity contribution is 7.89. The van der Waals surface area contributed by atoms with Crippen molar-refractivity contribution in [2.75, 3.05) is 19.6 Å². The molecule has 2 aromatic carbocycles. The second kappa shape index (κ2) is 11.0. The molecule has 0 saturated carbocycles. The number of sulfonamides is 1. The quantitative estimate of drug-likeness (QED) is 0.535. The molecular weight excluding hydrogens is 483 g/mol. The van der Waals surface area contributed by atoms with E-state index in [4.69, 9.17) is 0 Å². The number of benzene rings is 2. The molecule has 1 aliphatic heterocycles. The maximum Gasteiger partial charge on any atom is 0.416 e. The van der Waals surface area contributed by atoms with Gasteiger partial charge >= 0.3 is 6.18 Å². The summed E-state index contributed by atoms with van der Waals surface area (Å²) >= 11 is 0. The lowest BCUT2D eigenvalue weighted by atomic mass is 10.1. The first-order valence-electron chi connectivity index (χ1n) is 11.0. The van der Waals surface area contributed by atoms with Crippen molar-refractivity contribution in [1.82, 2.24) is 14.9 Å². The minimum absolute atomic E-state index is 0.0366. The Bertz CT molecular complexity index is 1160. The summed E-state index contributed by atoms with van der Waals surface area (Å²) in [5.41, 5.74) is 0.164. The van der Waals surface area contributed by atoms with Gasteiger partial charge in [-0.05, 0) is 67.3 Å². The first kappa shape index (κ1) is 26.4. The van der Waals surface area contributed by atoms with Crippen LogP contribution >= 0.6 is 0 Å². The third-order valence-corrected chi connectivity index (χ3v) is 7.53. The average molecular weight is 510 g/mol. The second-order valence-electron chi connectivity index (χ2n) is 8.14. The predicted molar refractivity (Wildman–Crippen MR) is 124 cm³/mol. The summed E-state index contributed by atoms with van der Waals surface area (Å²) in [4.78, 5) is 24.0. The monoisotopic (exact) mass is 509 g/mol. The van der Waals surface area contributed by atoms with Crippen LogP contribution in [-0.2, 0) is 27.4 Å². The van der Waals surface area contributed by atoms with Crippen LogP contribution in [0, 0.1) is 0 Å². The van der Waals surface area contributed by atoms with Gasteiger partial charge in [0, 0.05) is 31.2 Å². The molecule has 1 atom stereocenters. The van der Waals surface area contributed by atoms with Crippen LogP contribution in [0.15, 0.2) is 66.1 Å². The van der Waals surface area contributed by atoms with Crippen molar-refractivity contribution in [3.8, 4) is 0 Å². The normalized spacial score (nSPS) is 16.9. The number of carbonyl (C=O) groups is 2. The number of hydrogen-bond acceptors (Lipinski definition) is 4. The van der Waals surface area contributed by atoms with Crippen molar-refractivity contribution in [2.45, 2.75) is 36.4 Å². The maximum absolute atomic E-state index is 13.0. The van der Waals surface area contributed by atoms with Gasteiger partial charge in [0.25, 0.3) is 5.91 Å². The van der Waals surface area contributed by atoms with E-state index in [1.165, 1.54) is 40.7 Å². The van der Waals surface area contributed by atoms with Crippen molar-refractivity contribution >= 4 is 21.8 Å². The highest BCUT2D eigenvalue weighted by Crippen LogP contribution is 2.29. The largest absolute Gasteiger partial charge is 0.416 e. The fourth-order valence-corrected chi connectivity index (χ4v) is 5.27. The molecule has 1 saturated heterocycles. The van der Waals surface area contributed by atoms with Gasteiger partial charge in [-0.3, -0.25) is 9.59 Å². The summed E-state index contributed by atoms with van der Waals surface area (Å²) < 4.78 is 65.2. The number of piperidine rings is 1. The van der Waals surface area contributed by atoms with Crippen LogP contribution < -0.4 is 10.6 Å². The summed E-state index contributed by atoms with van der Waals surface area (Å²) in [6, 6.07) is 9.92. The average Bonchev–Trinajstić information content (AvgIpc) is 2.84. The first-order chi connectivity index (χ1) is 16.5. The SMILES string of the molecule is C=CC(=O)N[C@H]1CCCN(S(=O)(=O)c2ccc(C(=O)NCCc3ccc(C(F)(F)F)cc3)cc2)C1. The van der Waals surface area contributed by atoms with E-state index in [1.54, 1.807) is 0 Å². The Morgan fingerprint density at radius 2 is 1.74 bits per heavy atom. The van der Waals surface area contributed by atoms with E-state index in [9.17, 15) is 31.2 Å². The Morgan fingerprint density at radius 3 is 2.34 bits per heavy atom. The van der Waals surface area contributed by atoms with Gasteiger partial charge in [0.2, 0.25) is 15.9 Å². The third-order valence-electron chi connectivity index (χ3n) is 5.65. The van der Waals surface area contributed by atoms with Crippen molar-refractivity contribution in [2.24, 2.45) is 0 Å². The molecule has 2 N–H and O–H groups in total. The van der Waals surface area contributed by atoms with Gasteiger partial charge in [-0.25, -0.2) is 8.42 Å². The molecule has 1 fully saturated rings. The fourth-order valence-electron chi connectivity index (χ4n) is 3.75. The molecule has 3 rings (SSSR count). The maximum atomic E-state index is 13.0. The molecule has 1 heterocycles. The Morgan fingerprint density at radius 1 is 1.09 bits per heavy atom. The van der Waals surface area contributed by atoms with E-state index in [2.05, 4.69) is 17.2 Å². The molecule has 0 aromatic heterocycles. The van der Waals surface area contributed by atoms with Crippen LogP contribution in [0.1, 0.15) is 34.3 Å². The molecule has 188 valence electrons. The number of hydrogen-bond donors (Lipinski definition) is 2. The lowest BCUT2D eigenvalue weighted by molar-refractivity contribution is -0.137. The van der Waals surface area contributed by atoms with Gasteiger partial charge < -0.3 is 10.6 Å². The molecule has 0 bridgehead atoms. The van der Waals surface area contributed by atoms with E-state index in [0.29, 0.717) is 31.4 Å². The molecule has 0 aliphatic carbocycles. The highest BCUT2D eigenvalue weighted by Gasteiger charge is 2.31. The number of nitrogens with zero attached hydrogens (tertiary/aromatic N) is 1. The van der Waals surface area contributed by atoms with Crippen molar-refractivity contribution in [3.05, 3.63) is 77.9 Å². The van der Waals surface area contributed by atoms with Crippen LogP contribution in [0.2, 0.25) is 0 Å². The number of alkyl halides is 3. The van der Waals surface area contributed by atoms with Gasteiger partial charge in [-0.2, -0.15) is 17.5 Å². The number of halogens is 3. The van der Waals surface area contributed by atoms with Gasteiger partial charge in [-0.15, -0.1) is 0 Å².